The molecule has 1 nitrogen and oxygen atoms in total. The Morgan fingerprint density at radius 2 is 1.59 bits per heavy atom. The van der Waals surface area contributed by atoms with Gasteiger partial charge in [-0.3, -0.25) is 0 Å². The Morgan fingerprint density at radius 1 is 0.938 bits per heavy atom. The first-order valence-electron chi connectivity index (χ1n) is 13.7. The molecule has 32 heavy (non-hydrogen) atoms. The summed E-state index contributed by atoms with van der Waals surface area (Å²) in [6, 6.07) is 0. The Balaban J connectivity index is 0.00000176. The van der Waals surface area contributed by atoms with Crippen molar-refractivity contribution >= 4 is 0 Å². The van der Waals surface area contributed by atoms with Gasteiger partial charge in [-0.05, 0) is 112 Å². The number of ether oxygens (including phenoxy) is 1. The summed E-state index contributed by atoms with van der Waals surface area (Å²) in [5, 5.41) is 0. The van der Waals surface area contributed by atoms with E-state index in [9.17, 15) is 13.2 Å². The number of alkyl halides is 3. The molecular formula is C28H51F3O. The number of fused-ring (bicyclic) bond motifs is 3. The van der Waals surface area contributed by atoms with Crippen molar-refractivity contribution in [2.45, 2.75) is 131 Å². The van der Waals surface area contributed by atoms with E-state index in [0.29, 0.717) is 23.4 Å². The first-order chi connectivity index (χ1) is 15.0. The van der Waals surface area contributed by atoms with Crippen LogP contribution in [0.2, 0.25) is 0 Å². The van der Waals surface area contributed by atoms with E-state index in [2.05, 4.69) is 34.6 Å². The molecule has 3 saturated carbocycles. The minimum atomic E-state index is -4.04. The molecule has 0 heterocycles. The fourth-order valence-corrected chi connectivity index (χ4v) is 8.31. The van der Waals surface area contributed by atoms with Crippen molar-refractivity contribution in [3.05, 3.63) is 0 Å². The van der Waals surface area contributed by atoms with Gasteiger partial charge in [0, 0.05) is 13.0 Å². The van der Waals surface area contributed by atoms with Crippen LogP contribution in [0.15, 0.2) is 0 Å². The molecule has 0 radical (unpaired) electrons. The van der Waals surface area contributed by atoms with E-state index in [1.165, 1.54) is 25.7 Å². The molecule has 3 rings (SSSR count). The van der Waals surface area contributed by atoms with Crippen LogP contribution in [-0.4, -0.2) is 18.9 Å². The quantitative estimate of drug-likeness (QED) is 0.328. The van der Waals surface area contributed by atoms with Gasteiger partial charge in [-0.2, -0.15) is 13.2 Å². The zero-order chi connectivity index (χ0) is 24.2. The van der Waals surface area contributed by atoms with Gasteiger partial charge in [-0.1, -0.05) is 41.0 Å². The standard InChI is InChI=1S/C26H45F3O.C2H6/c1-6-14-24(4)20(17-26(27,28)29)9-11-21-22-12-10-19(8-7-16-30-18(2)3)25(22,5)15-13-23(21)24;1-2/h18-23H,6-17H2,1-5H3;1-2H3/t19?,20?,21?,22?,23?,24-,25?;/m0./s1. The van der Waals surface area contributed by atoms with E-state index in [-0.39, 0.29) is 11.3 Å². The summed E-state index contributed by atoms with van der Waals surface area (Å²) in [6.07, 6.45) is 6.78. The molecule has 0 N–H and O–H groups in total. The predicted octanol–water partition coefficient (Wildman–Crippen LogP) is 9.45. The molecule has 0 aliphatic heterocycles. The van der Waals surface area contributed by atoms with Gasteiger partial charge in [0.2, 0.25) is 0 Å². The number of hydrogen-bond donors (Lipinski definition) is 0. The zero-order valence-corrected chi connectivity index (χ0v) is 22.0. The molecule has 6 unspecified atom stereocenters. The van der Waals surface area contributed by atoms with Gasteiger partial charge in [0.15, 0.2) is 0 Å². The van der Waals surface area contributed by atoms with Crippen molar-refractivity contribution in [1.29, 1.82) is 0 Å². The molecule has 7 atom stereocenters. The lowest BCUT2D eigenvalue weighted by Gasteiger charge is -2.59. The topological polar surface area (TPSA) is 9.23 Å². The maximum absolute atomic E-state index is 13.4. The van der Waals surface area contributed by atoms with Crippen LogP contribution in [0.4, 0.5) is 13.2 Å². The SMILES string of the molecule is CC.CCC[C@@]1(C)C(CC(F)(F)F)CCC2C3CCC(CCCOC(C)C)C3(C)CCC21. The lowest BCUT2D eigenvalue weighted by Crippen LogP contribution is -2.52. The summed E-state index contributed by atoms with van der Waals surface area (Å²) in [5.41, 5.74) is 0.251. The Morgan fingerprint density at radius 3 is 2.19 bits per heavy atom. The molecule has 0 saturated heterocycles. The Kier molecular flexibility index (Phi) is 10.0. The van der Waals surface area contributed by atoms with E-state index in [4.69, 9.17) is 4.74 Å². The summed E-state index contributed by atoms with van der Waals surface area (Å²) in [4.78, 5) is 0. The molecule has 4 heteroatoms. The fraction of sp³-hybridized carbons (Fsp3) is 1.00. The van der Waals surface area contributed by atoms with Crippen molar-refractivity contribution in [2.24, 2.45) is 40.4 Å². The van der Waals surface area contributed by atoms with E-state index < -0.39 is 12.6 Å². The van der Waals surface area contributed by atoms with E-state index >= 15 is 0 Å². The smallest absolute Gasteiger partial charge is 0.379 e. The molecule has 0 amide bonds. The van der Waals surface area contributed by atoms with Gasteiger partial charge < -0.3 is 4.74 Å². The molecule has 3 aliphatic carbocycles. The highest BCUT2D eigenvalue weighted by Gasteiger charge is 2.59. The summed E-state index contributed by atoms with van der Waals surface area (Å²) in [5.74, 6) is 2.43. The van der Waals surface area contributed by atoms with Crippen molar-refractivity contribution in [2.75, 3.05) is 6.61 Å². The summed E-state index contributed by atoms with van der Waals surface area (Å²) < 4.78 is 45.9. The van der Waals surface area contributed by atoms with E-state index in [1.807, 2.05) is 13.8 Å². The first-order valence-corrected chi connectivity index (χ1v) is 13.7. The van der Waals surface area contributed by atoms with Crippen LogP contribution in [-0.2, 0) is 4.74 Å². The van der Waals surface area contributed by atoms with Crippen LogP contribution in [0.5, 0.6) is 0 Å². The third-order valence-corrected chi connectivity index (χ3v) is 9.68. The highest BCUT2D eigenvalue weighted by atomic mass is 19.4. The fourth-order valence-electron chi connectivity index (χ4n) is 8.31. The van der Waals surface area contributed by atoms with E-state index in [1.54, 1.807) is 0 Å². The largest absolute Gasteiger partial charge is 0.389 e. The van der Waals surface area contributed by atoms with Crippen molar-refractivity contribution in [3.8, 4) is 0 Å². The number of rotatable bonds is 8. The van der Waals surface area contributed by atoms with Crippen LogP contribution in [0.3, 0.4) is 0 Å². The molecule has 0 bridgehead atoms. The maximum Gasteiger partial charge on any atom is 0.389 e. The zero-order valence-electron chi connectivity index (χ0n) is 22.0. The lowest BCUT2D eigenvalue weighted by molar-refractivity contribution is -0.177. The molecule has 0 aromatic heterocycles. The summed E-state index contributed by atoms with van der Waals surface area (Å²) >= 11 is 0. The van der Waals surface area contributed by atoms with Crippen LogP contribution in [0.25, 0.3) is 0 Å². The molecule has 0 aromatic carbocycles. The average Bonchev–Trinajstić information content (AvgIpc) is 3.05. The molecule has 3 aliphatic rings. The second-order valence-corrected chi connectivity index (χ2v) is 11.6. The van der Waals surface area contributed by atoms with Gasteiger partial charge in [0.05, 0.1) is 6.10 Å². The average molecular weight is 461 g/mol. The lowest BCUT2D eigenvalue weighted by atomic mass is 9.46. The Hall–Kier alpha value is -0.250. The second-order valence-electron chi connectivity index (χ2n) is 11.6. The molecular weight excluding hydrogens is 409 g/mol. The molecule has 3 fully saturated rings. The predicted molar refractivity (Wildman–Crippen MR) is 129 cm³/mol. The minimum absolute atomic E-state index is 0.141. The van der Waals surface area contributed by atoms with Crippen LogP contribution in [0, 0.1) is 40.4 Å². The summed E-state index contributed by atoms with van der Waals surface area (Å²) in [6.45, 7) is 15.9. The van der Waals surface area contributed by atoms with Crippen molar-refractivity contribution in [3.63, 3.8) is 0 Å². The first kappa shape index (κ1) is 28.0. The second kappa shape index (κ2) is 11.5. The van der Waals surface area contributed by atoms with E-state index in [0.717, 1.165) is 57.0 Å². The maximum atomic E-state index is 13.4. The highest BCUT2D eigenvalue weighted by Crippen LogP contribution is 2.67. The van der Waals surface area contributed by atoms with Crippen LogP contribution in [0.1, 0.15) is 119 Å². The van der Waals surface area contributed by atoms with Crippen LogP contribution >= 0.6 is 0 Å². The normalized spacial score (nSPS) is 39.3. The Bertz CT molecular complexity index is 559. The van der Waals surface area contributed by atoms with Crippen molar-refractivity contribution < 1.29 is 17.9 Å². The Labute approximate surface area is 196 Å². The van der Waals surface area contributed by atoms with Crippen LogP contribution < -0.4 is 0 Å². The van der Waals surface area contributed by atoms with Gasteiger partial charge >= 0.3 is 6.18 Å². The van der Waals surface area contributed by atoms with Gasteiger partial charge in [0.25, 0.3) is 0 Å². The van der Waals surface area contributed by atoms with Gasteiger partial charge in [-0.15, -0.1) is 0 Å². The number of halogens is 3. The monoisotopic (exact) mass is 460 g/mol. The third-order valence-electron chi connectivity index (χ3n) is 9.68. The van der Waals surface area contributed by atoms with Gasteiger partial charge in [0.1, 0.15) is 0 Å². The minimum Gasteiger partial charge on any atom is -0.379 e. The summed E-state index contributed by atoms with van der Waals surface area (Å²) in [7, 11) is 0. The highest BCUT2D eigenvalue weighted by molar-refractivity contribution is 5.08. The van der Waals surface area contributed by atoms with Crippen molar-refractivity contribution in [1.82, 2.24) is 0 Å². The van der Waals surface area contributed by atoms with Gasteiger partial charge in [-0.25, -0.2) is 0 Å². The number of hydrogen-bond acceptors (Lipinski definition) is 1. The third kappa shape index (κ3) is 6.05. The molecule has 190 valence electrons. The molecule has 0 aromatic rings. The molecule has 0 spiro atoms.